The quantitative estimate of drug-likeness (QED) is 0.594. The second-order valence-corrected chi connectivity index (χ2v) is 3.88. The molecular formula is C8H9LiNO3P. The summed E-state index contributed by atoms with van der Waals surface area (Å²) in [6.45, 7) is -0.0256. The summed E-state index contributed by atoms with van der Waals surface area (Å²) in [7, 11) is -4.03. The molecule has 1 unspecified atom stereocenters. The van der Waals surface area contributed by atoms with E-state index in [2.05, 4.69) is 4.52 Å². The molecule has 0 fully saturated rings. The normalized spacial score (nSPS) is 13.4. The maximum atomic E-state index is 10.7. The summed E-state index contributed by atoms with van der Waals surface area (Å²) < 4.78 is 15.2. The summed E-state index contributed by atoms with van der Waals surface area (Å²) in [6.07, 6.45) is 0. The molecule has 0 aliphatic rings. The van der Waals surface area contributed by atoms with Gasteiger partial charge in [0, 0.05) is 0 Å². The minimum absolute atomic E-state index is 0. The van der Waals surface area contributed by atoms with E-state index < -0.39 is 7.60 Å². The second kappa shape index (κ2) is 6.04. The zero-order valence-corrected chi connectivity index (χ0v) is 7.65. The van der Waals surface area contributed by atoms with E-state index in [1.54, 1.807) is 24.3 Å². The molecule has 0 aliphatic heterocycles. The van der Waals surface area contributed by atoms with Crippen LogP contribution < -0.4 is 0 Å². The van der Waals surface area contributed by atoms with E-state index >= 15 is 0 Å². The Kier molecular flexibility index (Phi) is 5.80. The summed E-state index contributed by atoms with van der Waals surface area (Å²) in [4.78, 5) is 8.76. The summed E-state index contributed by atoms with van der Waals surface area (Å²) >= 11 is 0. The predicted octanol–water partition coefficient (Wildman–Crippen LogP) is 1.22. The van der Waals surface area contributed by atoms with Crippen LogP contribution in [0.4, 0.5) is 0 Å². The second-order valence-electron chi connectivity index (χ2n) is 2.38. The van der Waals surface area contributed by atoms with Gasteiger partial charge in [-0.3, -0.25) is 4.52 Å². The van der Waals surface area contributed by atoms with Crippen molar-refractivity contribution in [2.24, 2.45) is 0 Å². The third-order valence-electron chi connectivity index (χ3n) is 1.38. The number of rotatable bonds is 3. The van der Waals surface area contributed by atoms with Crippen molar-refractivity contribution in [3.8, 4) is 5.81 Å². The Morgan fingerprint density at radius 2 is 2.00 bits per heavy atom. The van der Waals surface area contributed by atoms with Crippen LogP contribution in [0.25, 0.3) is 0 Å². The zero-order chi connectivity index (χ0) is 9.73. The standard InChI is InChI=1S/C8H8NO3P.Li.H/c9-7-13(10,11)12-6-8-4-2-1-3-5-8;;/h1-5H,6H2,(H,10,11);;. The number of hydrogen-bond acceptors (Lipinski definition) is 3. The first-order valence-corrected chi connectivity index (χ1v) is 5.14. The molecule has 1 rings (SSSR count). The summed E-state index contributed by atoms with van der Waals surface area (Å²) in [5.41, 5.74) is 0.757. The SMILES string of the molecule is N#CP(=O)(O)OCc1ccccc1.[LiH]. The molecule has 0 amide bonds. The van der Waals surface area contributed by atoms with Gasteiger partial charge in [-0.1, -0.05) is 30.3 Å². The van der Waals surface area contributed by atoms with Crippen molar-refractivity contribution in [2.45, 2.75) is 6.61 Å². The van der Waals surface area contributed by atoms with Crippen molar-refractivity contribution in [1.29, 1.82) is 5.26 Å². The van der Waals surface area contributed by atoms with Gasteiger partial charge in [0.2, 0.25) is 0 Å². The third kappa shape index (κ3) is 4.63. The van der Waals surface area contributed by atoms with E-state index in [9.17, 15) is 4.57 Å². The Morgan fingerprint density at radius 3 is 2.50 bits per heavy atom. The van der Waals surface area contributed by atoms with E-state index in [-0.39, 0.29) is 25.5 Å². The van der Waals surface area contributed by atoms with Gasteiger partial charge in [0.1, 0.15) is 0 Å². The van der Waals surface area contributed by atoms with Crippen LogP contribution in [0.1, 0.15) is 5.56 Å². The van der Waals surface area contributed by atoms with E-state index in [0.29, 0.717) is 0 Å². The molecule has 1 aromatic rings. The van der Waals surface area contributed by atoms with Crippen molar-refractivity contribution in [2.75, 3.05) is 0 Å². The van der Waals surface area contributed by atoms with Gasteiger partial charge in [0.25, 0.3) is 0 Å². The molecule has 1 aromatic carbocycles. The zero-order valence-electron chi connectivity index (χ0n) is 6.75. The molecular weight excluding hydrogens is 196 g/mol. The average Bonchev–Trinajstić information content (AvgIpc) is 2.17. The number of nitrogens with zero attached hydrogens (tertiary/aromatic N) is 1. The van der Waals surface area contributed by atoms with Crippen LogP contribution in [-0.4, -0.2) is 23.8 Å². The van der Waals surface area contributed by atoms with Crippen LogP contribution in [0.2, 0.25) is 0 Å². The average molecular weight is 205 g/mol. The van der Waals surface area contributed by atoms with Gasteiger partial charge in [0.15, 0.2) is 5.81 Å². The van der Waals surface area contributed by atoms with Gasteiger partial charge >= 0.3 is 26.5 Å². The van der Waals surface area contributed by atoms with E-state index in [4.69, 9.17) is 10.2 Å². The molecule has 70 valence electrons. The topological polar surface area (TPSA) is 70.3 Å². The Bertz CT molecular complexity index is 363. The summed E-state index contributed by atoms with van der Waals surface area (Å²) in [5, 5.41) is 8.18. The fraction of sp³-hybridized carbons (Fsp3) is 0.125. The molecule has 0 spiro atoms. The molecule has 0 saturated carbocycles. The fourth-order valence-corrected chi connectivity index (χ4v) is 1.15. The number of nitriles is 1. The fourth-order valence-electron chi connectivity index (χ4n) is 0.765. The van der Waals surface area contributed by atoms with Gasteiger partial charge in [-0.15, -0.1) is 0 Å². The molecule has 0 aromatic heterocycles. The first-order valence-electron chi connectivity index (χ1n) is 3.57. The van der Waals surface area contributed by atoms with E-state index in [1.807, 2.05) is 6.07 Å². The summed E-state index contributed by atoms with van der Waals surface area (Å²) in [5.74, 6) is 1.20. The third-order valence-corrected chi connectivity index (χ3v) is 2.11. The van der Waals surface area contributed by atoms with Gasteiger partial charge in [0.05, 0.1) is 6.61 Å². The minimum atomic E-state index is -4.03. The van der Waals surface area contributed by atoms with Crippen LogP contribution >= 0.6 is 7.60 Å². The molecule has 0 bridgehead atoms. The van der Waals surface area contributed by atoms with E-state index in [1.165, 1.54) is 5.81 Å². The molecule has 1 N–H and O–H groups in total. The van der Waals surface area contributed by atoms with Gasteiger partial charge in [-0.05, 0) is 5.56 Å². The Hall–Kier alpha value is -0.543. The Morgan fingerprint density at radius 1 is 1.43 bits per heavy atom. The van der Waals surface area contributed by atoms with Gasteiger partial charge < -0.3 is 4.89 Å². The van der Waals surface area contributed by atoms with E-state index in [0.717, 1.165) is 5.56 Å². The molecule has 6 heteroatoms. The molecule has 1 atom stereocenters. The van der Waals surface area contributed by atoms with Crippen LogP contribution in [0.3, 0.4) is 0 Å². The first-order chi connectivity index (χ1) is 6.14. The Balaban J connectivity index is 0.00000169. The van der Waals surface area contributed by atoms with Crippen molar-refractivity contribution in [3.05, 3.63) is 35.9 Å². The number of hydrogen-bond donors (Lipinski definition) is 1. The summed E-state index contributed by atoms with van der Waals surface area (Å²) in [6, 6.07) is 8.89. The van der Waals surface area contributed by atoms with Gasteiger partial charge in [-0.25, -0.2) is 4.57 Å². The van der Waals surface area contributed by atoms with Crippen LogP contribution in [0.5, 0.6) is 0 Å². The molecule has 0 saturated heterocycles. The van der Waals surface area contributed by atoms with Crippen molar-refractivity contribution in [3.63, 3.8) is 0 Å². The van der Waals surface area contributed by atoms with Crippen LogP contribution in [-0.2, 0) is 15.7 Å². The Labute approximate surface area is 94.2 Å². The molecule has 0 radical (unpaired) electrons. The molecule has 0 heterocycles. The van der Waals surface area contributed by atoms with Crippen molar-refractivity contribution < 1.29 is 14.0 Å². The van der Waals surface area contributed by atoms with Crippen LogP contribution in [0.15, 0.2) is 30.3 Å². The molecule has 4 nitrogen and oxygen atoms in total. The predicted molar refractivity (Wildman–Crippen MR) is 53.8 cm³/mol. The van der Waals surface area contributed by atoms with Gasteiger partial charge in [-0.2, -0.15) is 5.26 Å². The molecule has 0 aliphatic carbocycles. The monoisotopic (exact) mass is 205 g/mol. The first kappa shape index (κ1) is 13.5. The van der Waals surface area contributed by atoms with Crippen LogP contribution in [0, 0.1) is 11.1 Å². The van der Waals surface area contributed by atoms with Crippen molar-refractivity contribution >= 4 is 26.5 Å². The number of benzene rings is 1. The molecule has 14 heavy (non-hydrogen) atoms. The van der Waals surface area contributed by atoms with Crippen molar-refractivity contribution in [1.82, 2.24) is 0 Å². The maximum absolute atomic E-state index is 10.7.